The molecule has 134 valence electrons. The molecule has 3 nitrogen and oxygen atoms in total. The highest BCUT2D eigenvalue weighted by molar-refractivity contribution is 7.07. The van der Waals surface area contributed by atoms with Crippen LogP contribution in [0.4, 0.5) is 0 Å². The quantitative estimate of drug-likeness (QED) is 0.400. The Morgan fingerprint density at radius 2 is 1.41 bits per heavy atom. The summed E-state index contributed by atoms with van der Waals surface area (Å²) >= 11 is 1.57. The maximum absolute atomic E-state index is 6.12. The van der Waals surface area contributed by atoms with Gasteiger partial charge in [0.2, 0.25) is 0 Å². The lowest BCUT2D eigenvalue weighted by Crippen LogP contribution is -1.99. The van der Waals surface area contributed by atoms with Crippen molar-refractivity contribution in [2.75, 3.05) is 0 Å². The molecule has 0 spiro atoms. The van der Waals surface area contributed by atoms with Crippen molar-refractivity contribution in [1.82, 2.24) is 4.98 Å². The van der Waals surface area contributed by atoms with Gasteiger partial charge in [0.15, 0.2) is 0 Å². The summed E-state index contributed by atoms with van der Waals surface area (Å²) in [7, 11) is 0. The Labute approximate surface area is 162 Å². The number of hydrogen-bond acceptors (Lipinski definition) is 4. The highest BCUT2D eigenvalue weighted by atomic mass is 32.1. The van der Waals surface area contributed by atoms with Gasteiger partial charge in [0, 0.05) is 17.0 Å². The summed E-state index contributed by atoms with van der Waals surface area (Å²) in [5.41, 5.74) is 5.97. The van der Waals surface area contributed by atoms with Gasteiger partial charge in [0.25, 0.3) is 0 Å². The average Bonchev–Trinajstić information content (AvgIpc) is 3.27. The van der Waals surface area contributed by atoms with Crippen LogP contribution >= 0.6 is 11.3 Å². The Balaban J connectivity index is 1.55. The second-order valence-electron chi connectivity index (χ2n) is 6.08. The SMILES string of the molecule is c1ccc(COc2ccc(-c3cscn3)c(OCc3ccccc3)c2)cc1. The van der Waals surface area contributed by atoms with Gasteiger partial charge in [-0.3, -0.25) is 0 Å². The number of benzene rings is 3. The van der Waals surface area contributed by atoms with Crippen molar-refractivity contribution in [2.45, 2.75) is 13.2 Å². The summed E-state index contributed by atoms with van der Waals surface area (Å²) in [6.45, 7) is 1.02. The molecule has 3 aromatic carbocycles. The predicted octanol–water partition coefficient (Wildman–Crippen LogP) is 5.97. The van der Waals surface area contributed by atoms with Crippen LogP contribution in [0.2, 0.25) is 0 Å². The smallest absolute Gasteiger partial charge is 0.132 e. The van der Waals surface area contributed by atoms with Crippen LogP contribution in [0.3, 0.4) is 0 Å². The van der Waals surface area contributed by atoms with E-state index in [9.17, 15) is 0 Å². The van der Waals surface area contributed by atoms with Gasteiger partial charge in [0.05, 0.1) is 11.2 Å². The second kappa shape index (κ2) is 8.52. The Kier molecular flexibility index (Phi) is 5.46. The van der Waals surface area contributed by atoms with Gasteiger partial charge in [-0.05, 0) is 23.3 Å². The normalized spacial score (nSPS) is 10.5. The summed E-state index contributed by atoms with van der Waals surface area (Å²) in [5.74, 6) is 1.55. The third-order valence-corrected chi connectivity index (χ3v) is 4.73. The van der Waals surface area contributed by atoms with E-state index in [1.165, 1.54) is 0 Å². The first-order valence-electron chi connectivity index (χ1n) is 8.74. The standard InChI is InChI=1S/C23H19NO2S/c1-3-7-18(8-4-1)14-25-20-11-12-21(22-16-27-17-24-22)23(13-20)26-15-19-9-5-2-6-10-19/h1-13,16-17H,14-15H2. The molecule has 27 heavy (non-hydrogen) atoms. The number of ether oxygens (including phenoxy) is 2. The highest BCUT2D eigenvalue weighted by Crippen LogP contribution is 2.34. The zero-order valence-electron chi connectivity index (χ0n) is 14.7. The molecule has 0 radical (unpaired) electrons. The molecular formula is C23H19NO2S. The van der Waals surface area contributed by atoms with E-state index in [0.29, 0.717) is 13.2 Å². The Morgan fingerprint density at radius 1 is 0.741 bits per heavy atom. The molecule has 0 aliphatic heterocycles. The van der Waals surface area contributed by atoms with E-state index in [1.54, 1.807) is 11.3 Å². The van der Waals surface area contributed by atoms with E-state index in [2.05, 4.69) is 29.2 Å². The maximum atomic E-state index is 6.12. The van der Waals surface area contributed by atoms with Crippen molar-refractivity contribution in [2.24, 2.45) is 0 Å². The first-order valence-corrected chi connectivity index (χ1v) is 9.69. The first kappa shape index (κ1) is 17.3. The van der Waals surface area contributed by atoms with Crippen LogP contribution in [-0.4, -0.2) is 4.98 Å². The van der Waals surface area contributed by atoms with E-state index in [4.69, 9.17) is 9.47 Å². The predicted molar refractivity (Wildman–Crippen MR) is 109 cm³/mol. The van der Waals surface area contributed by atoms with E-state index in [0.717, 1.165) is 33.9 Å². The lowest BCUT2D eigenvalue weighted by atomic mass is 10.1. The molecule has 1 heterocycles. The van der Waals surface area contributed by atoms with Crippen molar-refractivity contribution in [3.63, 3.8) is 0 Å². The Hall–Kier alpha value is -3.11. The zero-order chi connectivity index (χ0) is 18.3. The molecule has 0 saturated heterocycles. The molecule has 0 aliphatic carbocycles. The third kappa shape index (κ3) is 4.54. The Morgan fingerprint density at radius 3 is 2.04 bits per heavy atom. The van der Waals surface area contributed by atoms with Gasteiger partial charge in [-0.25, -0.2) is 4.98 Å². The molecule has 0 unspecified atom stereocenters. The second-order valence-corrected chi connectivity index (χ2v) is 6.80. The van der Waals surface area contributed by atoms with Crippen LogP contribution in [0.25, 0.3) is 11.3 Å². The molecule has 0 saturated carbocycles. The van der Waals surface area contributed by atoms with E-state index >= 15 is 0 Å². The number of aromatic nitrogens is 1. The maximum Gasteiger partial charge on any atom is 0.132 e. The molecule has 0 bridgehead atoms. The van der Waals surface area contributed by atoms with E-state index in [-0.39, 0.29) is 0 Å². The summed E-state index contributed by atoms with van der Waals surface area (Å²) in [5, 5.41) is 2.02. The minimum Gasteiger partial charge on any atom is -0.489 e. The summed E-state index contributed by atoms with van der Waals surface area (Å²) in [6, 6.07) is 26.2. The minimum atomic E-state index is 0.500. The lowest BCUT2D eigenvalue weighted by Gasteiger charge is -2.13. The monoisotopic (exact) mass is 373 g/mol. The van der Waals surface area contributed by atoms with Crippen molar-refractivity contribution < 1.29 is 9.47 Å². The molecule has 0 atom stereocenters. The molecule has 0 amide bonds. The molecule has 4 rings (SSSR count). The molecular weight excluding hydrogens is 354 g/mol. The topological polar surface area (TPSA) is 31.4 Å². The number of rotatable bonds is 7. The van der Waals surface area contributed by atoms with Crippen LogP contribution in [0.5, 0.6) is 11.5 Å². The van der Waals surface area contributed by atoms with Crippen LogP contribution < -0.4 is 9.47 Å². The van der Waals surface area contributed by atoms with Crippen molar-refractivity contribution in [3.05, 3.63) is 101 Å². The summed E-state index contributed by atoms with van der Waals surface area (Å²) in [4.78, 5) is 4.42. The molecule has 0 N–H and O–H groups in total. The summed E-state index contributed by atoms with van der Waals surface area (Å²) in [6.07, 6.45) is 0. The number of hydrogen-bond donors (Lipinski definition) is 0. The van der Waals surface area contributed by atoms with Crippen LogP contribution in [0, 0.1) is 0 Å². The van der Waals surface area contributed by atoms with Crippen molar-refractivity contribution in [3.8, 4) is 22.8 Å². The Bertz CT molecular complexity index is 970. The zero-order valence-corrected chi connectivity index (χ0v) is 15.6. The minimum absolute atomic E-state index is 0.500. The molecule has 1 aromatic heterocycles. The molecule has 0 aliphatic rings. The number of thiazole rings is 1. The fraction of sp³-hybridized carbons (Fsp3) is 0.0870. The molecule has 4 heteroatoms. The van der Waals surface area contributed by atoms with Gasteiger partial charge in [-0.1, -0.05) is 60.7 Å². The first-order chi connectivity index (χ1) is 13.4. The van der Waals surface area contributed by atoms with Gasteiger partial charge in [-0.2, -0.15) is 0 Å². The fourth-order valence-corrected chi connectivity index (χ4v) is 3.30. The van der Waals surface area contributed by atoms with Gasteiger partial charge >= 0.3 is 0 Å². The fourth-order valence-electron chi connectivity index (χ4n) is 2.75. The van der Waals surface area contributed by atoms with Gasteiger partial charge < -0.3 is 9.47 Å². The van der Waals surface area contributed by atoms with E-state index in [1.807, 2.05) is 65.5 Å². The summed E-state index contributed by atoms with van der Waals surface area (Å²) < 4.78 is 12.1. The van der Waals surface area contributed by atoms with Gasteiger partial charge in [0.1, 0.15) is 24.7 Å². The molecule has 4 aromatic rings. The van der Waals surface area contributed by atoms with Gasteiger partial charge in [-0.15, -0.1) is 11.3 Å². The van der Waals surface area contributed by atoms with Crippen LogP contribution in [0.15, 0.2) is 89.8 Å². The third-order valence-electron chi connectivity index (χ3n) is 4.15. The average molecular weight is 373 g/mol. The van der Waals surface area contributed by atoms with Crippen molar-refractivity contribution >= 4 is 11.3 Å². The largest absolute Gasteiger partial charge is 0.489 e. The van der Waals surface area contributed by atoms with Crippen LogP contribution in [0.1, 0.15) is 11.1 Å². The van der Waals surface area contributed by atoms with Crippen LogP contribution in [-0.2, 0) is 13.2 Å². The van der Waals surface area contributed by atoms with Crippen molar-refractivity contribution in [1.29, 1.82) is 0 Å². The molecule has 0 fully saturated rings. The lowest BCUT2D eigenvalue weighted by molar-refractivity contribution is 0.291. The highest BCUT2D eigenvalue weighted by Gasteiger charge is 2.11. The number of nitrogens with zero attached hydrogens (tertiary/aromatic N) is 1. The van der Waals surface area contributed by atoms with E-state index < -0.39 is 0 Å².